The lowest BCUT2D eigenvalue weighted by Crippen LogP contribution is -2.31. The molecule has 1 aliphatic carbocycles. The van der Waals surface area contributed by atoms with Gasteiger partial charge in [-0.3, -0.25) is 0 Å². The molecule has 0 radical (unpaired) electrons. The van der Waals surface area contributed by atoms with Gasteiger partial charge >= 0.3 is 5.97 Å². The summed E-state index contributed by atoms with van der Waals surface area (Å²) in [6.07, 6.45) is 4.88. The van der Waals surface area contributed by atoms with Gasteiger partial charge in [0.05, 0.1) is 18.4 Å². The molecular weight excluding hydrogens is 278 g/mol. The van der Waals surface area contributed by atoms with Crippen LogP contribution < -0.4 is 5.32 Å². The van der Waals surface area contributed by atoms with Gasteiger partial charge in [0, 0.05) is 12.6 Å². The maximum absolute atomic E-state index is 11.6. The number of carbonyl (C=O) groups excluding carboxylic acids is 1. The lowest BCUT2D eigenvalue weighted by atomic mass is 9.86. The highest BCUT2D eigenvalue weighted by molar-refractivity contribution is 5.90. The molecule has 22 heavy (non-hydrogen) atoms. The number of ether oxygens (including phenoxy) is 1. The zero-order chi connectivity index (χ0) is 16.1. The number of hydrogen-bond donors (Lipinski definition) is 1. The Morgan fingerprint density at radius 3 is 2.55 bits per heavy atom. The summed E-state index contributed by atoms with van der Waals surface area (Å²) in [5, 5.41) is 3.50. The molecule has 122 valence electrons. The van der Waals surface area contributed by atoms with Gasteiger partial charge in [-0.05, 0) is 64.8 Å². The summed E-state index contributed by atoms with van der Waals surface area (Å²) in [6.45, 7) is 3.02. The second kappa shape index (κ2) is 7.58. The van der Waals surface area contributed by atoms with Crippen LogP contribution in [0.4, 0.5) is 5.82 Å². The highest BCUT2D eigenvalue weighted by Gasteiger charge is 2.22. The fourth-order valence-electron chi connectivity index (χ4n) is 3.18. The highest BCUT2D eigenvalue weighted by atomic mass is 16.5. The molecule has 1 saturated carbocycles. The van der Waals surface area contributed by atoms with Crippen LogP contribution in [0.2, 0.25) is 0 Å². The summed E-state index contributed by atoms with van der Waals surface area (Å²) in [6, 6.07) is 4.13. The molecule has 0 aliphatic heterocycles. The van der Waals surface area contributed by atoms with Crippen molar-refractivity contribution >= 4 is 11.8 Å². The van der Waals surface area contributed by atoms with Crippen LogP contribution in [0.5, 0.6) is 0 Å². The van der Waals surface area contributed by atoms with E-state index in [1.165, 1.54) is 39.3 Å². The third-order valence-corrected chi connectivity index (χ3v) is 4.31. The summed E-state index contributed by atoms with van der Waals surface area (Å²) in [5.74, 6) is 1.33. The maximum Gasteiger partial charge on any atom is 0.339 e. The largest absolute Gasteiger partial charge is 0.465 e. The molecule has 1 aromatic rings. The van der Waals surface area contributed by atoms with E-state index in [-0.39, 0.29) is 5.97 Å². The van der Waals surface area contributed by atoms with E-state index in [9.17, 15) is 4.79 Å². The van der Waals surface area contributed by atoms with Gasteiger partial charge in [-0.1, -0.05) is 0 Å². The van der Waals surface area contributed by atoms with Gasteiger partial charge < -0.3 is 15.0 Å². The number of nitrogens with zero attached hydrogens (tertiary/aromatic N) is 2. The topological polar surface area (TPSA) is 54.5 Å². The molecule has 0 bridgehead atoms. The zero-order valence-electron chi connectivity index (χ0n) is 14.1. The van der Waals surface area contributed by atoms with E-state index in [1.807, 2.05) is 13.0 Å². The molecular formula is C17H27N3O2. The van der Waals surface area contributed by atoms with E-state index in [0.29, 0.717) is 17.3 Å². The molecule has 2 rings (SSSR count). The molecule has 0 aromatic carbocycles. The molecule has 0 saturated heterocycles. The fourth-order valence-corrected chi connectivity index (χ4v) is 3.18. The lowest BCUT2D eigenvalue weighted by molar-refractivity contribution is 0.0599. The number of esters is 1. The van der Waals surface area contributed by atoms with Crippen molar-refractivity contribution in [2.24, 2.45) is 5.92 Å². The number of aromatic nitrogens is 1. The van der Waals surface area contributed by atoms with Crippen LogP contribution in [0.25, 0.3) is 0 Å². The van der Waals surface area contributed by atoms with E-state index in [2.05, 4.69) is 29.3 Å². The number of methoxy groups -OCH3 is 1. The second-order valence-electron chi connectivity index (χ2n) is 6.45. The second-order valence-corrected chi connectivity index (χ2v) is 6.45. The Bertz CT molecular complexity index is 509. The van der Waals surface area contributed by atoms with E-state index in [1.54, 1.807) is 6.07 Å². The molecule has 1 N–H and O–H groups in total. The zero-order valence-corrected chi connectivity index (χ0v) is 14.1. The Morgan fingerprint density at radius 2 is 2.00 bits per heavy atom. The Kier molecular flexibility index (Phi) is 5.77. The number of pyridine rings is 1. The SMILES string of the molecule is COC(=O)c1ccc(NC2CCC(CN(C)C)CC2)nc1C. The highest BCUT2D eigenvalue weighted by Crippen LogP contribution is 2.26. The molecule has 1 fully saturated rings. The molecule has 1 heterocycles. The molecule has 0 unspecified atom stereocenters. The first-order valence-electron chi connectivity index (χ1n) is 7.96. The van der Waals surface area contributed by atoms with Crippen LogP contribution >= 0.6 is 0 Å². The van der Waals surface area contributed by atoms with Crippen molar-refractivity contribution in [3.8, 4) is 0 Å². The molecule has 1 aromatic heterocycles. The fraction of sp³-hybridized carbons (Fsp3) is 0.647. The molecule has 0 amide bonds. The van der Waals surface area contributed by atoms with Crippen LogP contribution in [-0.2, 0) is 4.74 Å². The normalized spacial score (nSPS) is 21.7. The molecule has 5 nitrogen and oxygen atoms in total. The third kappa shape index (κ3) is 4.44. The predicted molar refractivity (Wildman–Crippen MR) is 88.2 cm³/mol. The average molecular weight is 305 g/mol. The van der Waals surface area contributed by atoms with Crippen molar-refractivity contribution in [2.75, 3.05) is 33.1 Å². The Labute approximate surface area is 133 Å². The number of hydrogen-bond acceptors (Lipinski definition) is 5. The maximum atomic E-state index is 11.6. The van der Waals surface area contributed by atoms with Gasteiger partial charge in [0.15, 0.2) is 0 Å². The number of nitrogens with one attached hydrogen (secondary N) is 1. The van der Waals surface area contributed by atoms with Gasteiger partial charge in [-0.2, -0.15) is 0 Å². The number of anilines is 1. The van der Waals surface area contributed by atoms with Crippen LogP contribution in [-0.4, -0.2) is 49.6 Å². The summed E-state index contributed by atoms with van der Waals surface area (Å²) < 4.78 is 4.75. The van der Waals surface area contributed by atoms with Gasteiger partial charge in [0.1, 0.15) is 5.82 Å². The Hall–Kier alpha value is -1.62. The molecule has 0 atom stereocenters. The average Bonchev–Trinajstić information content (AvgIpc) is 2.48. The summed E-state index contributed by atoms with van der Waals surface area (Å²) in [7, 11) is 5.67. The number of carbonyl (C=O) groups is 1. The number of aryl methyl sites for hydroxylation is 1. The smallest absolute Gasteiger partial charge is 0.339 e. The van der Waals surface area contributed by atoms with Crippen molar-refractivity contribution in [1.29, 1.82) is 0 Å². The van der Waals surface area contributed by atoms with Crippen molar-refractivity contribution < 1.29 is 9.53 Å². The minimum Gasteiger partial charge on any atom is -0.465 e. The van der Waals surface area contributed by atoms with Gasteiger partial charge in [-0.25, -0.2) is 9.78 Å². The summed E-state index contributed by atoms with van der Waals surface area (Å²) in [5.41, 5.74) is 1.24. The Balaban J connectivity index is 1.90. The van der Waals surface area contributed by atoms with Crippen molar-refractivity contribution in [3.05, 3.63) is 23.4 Å². The molecule has 1 aliphatic rings. The van der Waals surface area contributed by atoms with Gasteiger partial charge in [0.25, 0.3) is 0 Å². The van der Waals surface area contributed by atoms with Crippen molar-refractivity contribution in [3.63, 3.8) is 0 Å². The van der Waals surface area contributed by atoms with Crippen LogP contribution in [0, 0.1) is 12.8 Å². The quantitative estimate of drug-likeness (QED) is 0.848. The van der Waals surface area contributed by atoms with Gasteiger partial charge in [-0.15, -0.1) is 0 Å². The van der Waals surface area contributed by atoms with Gasteiger partial charge in [0.2, 0.25) is 0 Å². The first-order valence-corrected chi connectivity index (χ1v) is 7.96. The lowest BCUT2D eigenvalue weighted by Gasteiger charge is -2.31. The van der Waals surface area contributed by atoms with E-state index < -0.39 is 0 Å². The van der Waals surface area contributed by atoms with Crippen LogP contribution in [0.15, 0.2) is 12.1 Å². The molecule has 5 heteroatoms. The van der Waals surface area contributed by atoms with E-state index >= 15 is 0 Å². The van der Waals surface area contributed by atoms with Crippen LogP contribution in [0.1, 0.15) is 41.7 Å². The predicted octanol–water partition coefficient (Wildman–Crippen LogP) is 2.71. The van der Waals surface area contributed by atoms with Crippen molar-refractivity contribution in [2.45, 2.75) is 38.6 Å². The summed E-state index contributed by atoms with van der Waals surface area (Å²) >= 11 is 0. The van der Waals surface area contributed by atoms with E-state index in [0.717, 1.165) is 11.7 Å². The third-order valence-electron chi connectivity index (χ3n) is 4.31. The monoisotopic (exact) mass is 305 g/mol. The molecule has 0 spiro atoms. The summed E-state index contributed by atoms with van der Waals surface area (Å²) in [4.78, 5) is 18.3. The minimum absolute atomic E-state index is 0.333. The Morgan fingerprint density at radius 1 is 1.32 bits per heavy atom. The first-order chi connectivity index (χ1) is 10.5. The van der Waals surface area contributed by atoms with Crippen LogP contribution in [0.3, 0.4) is 0 Å². The standard InChI is InChI=1S/C17H27N3O2/c1-12-15(17(21)22-4)9-10-16(18-12)19-14-7-5-13(6-8-14)11-20(2)3/h9-10,13-14H,5-8,11H2,1-4H3,(H,18,19). The first kappa shape index (κ1) is 16.7. The number of rotatable bonds is 5. The van der Waals surface area contributed by atoms with Crippen molar-refractivity contribution in [1.82, 2.24) is 9.88 Å². The van der Waals surface area contributed by atoms with E-state index in [4.69, 9.17) is 4.74 Å². The minimum atomic E-state index is -0.333.